The first-order valence-electron chi connectivity index (χ1n) is 7.22. The van der Waals surface area contributed by atoms with E-state index in [0.717, 1.165) is 11.1 Å². The van der Waals surface area contributed by atoms with Gasteiger partial charge in [-0.15, -0.1) is 0 Å². The molecule has 3 aromatic rings. The van der Waals surface area contributed by atoms with Gasteiger partial charge in [-0.2, -0.15) is 0 Å². The number of aromatic nitrogens is 1. The van der Waals surface area contributed by atoms with Crippen molar-refractivity contribution in [2.45, 2.75) is 6.92 Å². The van der Waals surface area contributed by atoms with E-state index >= 15 is 0 Å². The van der Waals surface area contributed by atoms with Gasteiger partial charge in [0.2, 0.25) is 5.91 Å². The van der Waals surface area contributed by atoms with Crippen LogP contribution in [0.25, 0.3) is 11.1 Å². The standard InChI is InChI=1S/C17H17N3O3/c1-11-4-3-5-12(8-11)19-16(21)10-18-17(22)14-9-15-13(20(14)2)6-7-23-15/h3-9H,10H2,1-2H3,(H,18,22)(H,19,21). The van der Waals surface area contributed by atoms with E-state index < -0.39 is 0 Å². The van der Waals surface area contributed by atoms with Gasteiger partial charge in [-0.3, -0.25) is 9.59 Å². The highest BCUT2D eigenvalue weighted by Crippen LogP contribution is 2.19. The molecule has 0 radical (unpaired) electrons. The van der Waals surface area contributed by atoms with Crippen LogP contribution in [0.1, 0.15) is 16.1 Å². The topological polar surface area (TPSA) is 76.3 Å². The molecule has 0 fully saturated rings. The summed E-state index contributed by atoms with van der Waals surface area (Å²) >= 11 is 0. The van der Waals surface area contributed by atoms with E-state index in [9.17, 15) is 9.59 Å². The monoisotopic (exact) mass is 311 g/mol. The molecule has 0 aliphatic carbocycles. The quantitative estimate of drug-likeness (QED) is 0.777. The number of amides is 2. The lowest BCUT2D eigenvalue weighted by molar-refractivity contribution is -0.115. The third-order valence-electron chi connectivity index (χ3n) is 3.61. The Balaban J connectivity index is 1.61. The number of carbonyl (C=O) groups excluding carboxylic acids is 2. The Morgan fingerprint density at radius 3 is 2.78 bits per heavy atom. The van der Waals surface area contributed by atoms with Crippen LogP contribution in [-0.4, -0.2) is 22.9 Å². The van der Waals surface area contributed by atoms with Gasteiger partial charge in [-0.1, -0.05) is 12.1 Å². The summed E-state index contributed by atoms with van der Waals surface area (Å²) in [5, 5.41) is 5.36. The van der Waals surface area contributed by atoms with Gasteiger partial charge in [0.15, 0.2) is 5.58 Å². The van der Waals surface area contributed by atoms with E-state index in [1.54, 1.807) is 36.1 Å². The third kappa shape index (κ3) is 3.11. The van der Waals surface area contributed by atoms with Crippen LogP contribution in [0, 0.1) is 6.92 Å². The first-order valence-corrected chi connectivity index (χ1v) is 7.22. The number of benzene rings is 1. The van der Waals surface area contributed by atoms with Crippen LogP contribution in [0.3, 0.4) is 0 Å². The summed E-state index contributed by atoms with van der Waals surface area (Å²) in [6.45, 7) is 1.85. The molecule has 118 valence electrons. The highest BCUT2D eigenvalue weighted by Gasteiger charge is 2.15. The molecule has 2 amide bonds. The molecule has 0 unspecified atom stereocenters. The maximum atomic E-state index is 12.2. The molecule has 0 aliphatic heterocycles. The molecule has 0 bridgehead atoms. The molecule has 2 heterocycles. The Morgan fingerprint density at radius 1 is 1.22 bits per heavy atom. The summed E-state index contributed by atoms with van der Waals surface area (Å²) in [4.78, 5) is 24.1. The van der Waals surface area contributed by atoms with Gasteiger partial charge in [-0.25, -0.2) is 0 Å². The molecule has 0 atom stereocenters. The Kier molecular flexibility index (Phi) is 3.89. The first-order chi connectivity index (χ1) is 11.0. The largest absolute Gasteiger partial charge is 0.463 e. The summed E-state index contributed by atoms with van der Waals surface area (Å²) in [5.41, 5.74) is 3.68. The SMILES string of the molecule is Cc1cccc(NC(=O)CNC(=O)c2cc3occc3n2C)c1. The molecule has 3 rings (SSSR count). The lowest BCUT2D eigenvalue weighted by Crippen LogP contribution is -2.33. The second-order valence-corrected chi connectivity index (χ2v) is 5.36. The number of furan rings is 1. The van der Waals surface area contributed by atoms with Gasteiger partial charge >= 0.3 is 0 Å². The van der Waals surface area contributed by atoms with E-state index in [4.69, 9.17) is 4.42 Å². The van der Waals surface area contributed by atoms with Crippen molar-refractivity contribution in [3.8, 4) is 0 Å². The predicted molar refractivity (Wildman–Crippen MR) is 87.3 cm³/mol. The molecule has 0 saturated carbocycles. The van der Waals surface area contributed by atoms with Gasteiger partial charge in [-0.05, 0) is 24.6 Å². The molecular weight excluding hydrogens is 294 g/mol. The molecule has 0 spiro atoms. The van der Waals surface area contributed by atoms with E-state index in [-0.39, 0.29) is 18.4 Å². The molecular formula is C17H17N3O3. The fourth-order valence-corrected chi connectivity index (χ4v) is 2.45. The number of nitrogens with one attached hydrogen (secondary N) is 2. The van der Waals surface area contributed by atoms with Crippen LogP contribution in [-0.2, 0) is 11.8 Å². The maximum absolute atomic E-state index is 12.2. The summed E-state index contributed by atoms with van der Waals surface area (Å²) in [6, 6.07) is 10.9. The minimum atomic E-state index is -0.321. The van der Waals surface area contributed by atoms with Crippen molar-refractivity contribution < 1.29 is 14.0 Å². The van der Waals surface area contributed by atoms with Gasteiger partial charge < -0.3 is 19.6 Å². The van der Waals surface area contributed by atoms with E-state index in [1.807, 2.05) is 25.1 Å². The Hall–Kier alpha value is -3.02. The Bertz CT molecular complexity index is 876. The van der Waals surface area contributed by atoms with Crippen molar-refractivity contribution in [2.75, 3.05) is 11.9 Å². The smallest absolute Gasteiger partial charge is 0.268 e. The minimum absolute atomic E-state index is 0.0979. The first kappa shape index (κ1) is 14.9. The van der Waals surface area contributed by atoms with Gasteiger partial charge in [0.1, 0.15) is 5.69 Å². The van der Waals surface area contributed by atoms with Gasteiger partial charge in [0.25, 0.3) is 5.91 Å². The fraction of sp³-hybridized carbons (Fsp3) is 0.176. The third-order valence-corrected chi connectivity index (χ3v) is 3.61. The van der Waals surface area contributed by atoms with Crippen LogP contribution < -0.4 is 10.6 Å². The van der Waals surface area contributed by atoms with E-state index in [0.29, 0.717) is 17.0 Å². The lowest BCUT2D eigenvalue weighted by atomic mass is 10.2. The number of hydrogen-bond acceptors (Lipinski definition) is 3. The second-order valence-electron chi connectivity index (χ2n) is 5.36. The van der Waals surface area contributed by atoms with Crippen molar-refractivity contribution in [3.05, 3.63) is 53.9 Å². The molecule has 2 aromatic heterocycles. The fourth-order valence-electron chi connectivity index (χ4n) is 2.45. The number of rotatable bonds is 4. The van der Waals surface area contributed by atoms with Crippen LogP contribution in [0.15, 0.2) is 47.1 Å². The zero-order chi connectivity index (χ0) is 16.4. The summed E-state index contributed by atoms with van der Waals surface area (Å²) in [5.74, 6) is -0.597. The van der Waals surface area contributed by atoms with E-state index in [2.05, 4.69) is 10.6 Å². The van der Waals surface area contributed by atoms with E-state index in [1.165, 1.54) is 0 Å². The minimum Gasteiger partial charge on any atom is -0.463 e. The lowest BCUT2D eigenvalue weighted by Gasteiger charge is -2.08. The van der Waals surface area contributed by atoms with Crippen LogP contribution in [0.5, 0.6) is 0 Å². The van der Waals surface area contributed by atoms with Gasteiger partial charge in [0.05, 0.1) is 18.3 Å². The number of nitrogens with zero attached hydrogens (tertiary/aromatic N) is 1. The molecule has 0 aliphatic rings. The van der Waals surface area contributed by atoms with Crippen molar-refractivity contribution in [1.29, 1.82) is 0 Å². The van der Waals surface area contributed by atoms with Crippen LogP contribution in [0.2, 0.25) is 0 Å². The molecule has 6 nitrogen and oxygen atoms in total. The average Bonchev–Trinajstić information content (AvgIpc) is 3.08. The Labute approximate surface area is 133 Å². The van der Waals surface area contributed by atoms with Crippen molar-refractivity contribution >= 4 is 28.6 Å². The zero-order valence-electron chi connectivity index (χ0n) is 12.9. The summed E-state index contributed by atoms with van der Waals surface area (Å²) < 4.78 is 6.99. The number of anilines is 1. The maximum Gasteiger partial charge on any atom is 0.268 e. The van der Waals surface area contributed by atoms with Crippen molar-refractivity contribution in [2.24, 2.45) is 7.05 Å². The number of fused-ring (bicyclic) bond motifs is 1. The predicted octanol–water partition coefficient (Wildman–Crippen LogP) is 2.45. The summed E-state index contributed by atoms with van der Waals surface area (Å²) in [7, 11) is 1.78. The second kappa shape index (κ2) is 6.00. The number of carbonyl (C=O) groups is 2. The number of hydrogen-bond donors (Lipinski definition) is 2. The van der Waals surface area contributed by atoms with Crippen LogP contribution in [0.4, 0.5) is 5.69 Å². The number of aryl methyl sites for hydroxylation is 2. The van der Waals surface area contributed by atoms with Crippen molar-refractivity contribution in [1.82, 2.24) is 9.88 Å². The van der Waals surface area contributed by atoms with Crippen LogP contribution >= 0.6 is 0 Å². The molecule has 1 aromatic carbocycles. The Morgan fingerprint density at radius 2 is 2.04 bits per heavy atom. The molecule has 23 heavy (non-hydrogen) atoms. The normalized spacial score (nSPS) is 10.7. The zero-order valence-corrected chi connectivity index (χ0v) is 12.9. The van der Waals surface area contributed by atoms with Crippen molar-refractivity contribution in [3.63, 3.8) is 0 Å². The highest BCUT2D eigenvalue weighted by molar-refractivity contribution is 6.00. The van der Waals surface area contributed by atoms with Gasteiger partial charge in [0, 0.05) is 24.9 Å². The highest BCUT2D eigenvalue weighted by atomic mass is 16.3. The molecule has 0 saturated heterocycles. The average molecular weight is 311 g/mol. The summed E-state index contributed by atoms with van der Waals surface area (Å²) in [6.07, 6.45) is 1.57. The molecule has 6 heteroatoms. The molecule has 2 N–H and O–H groups in total.